The van der Waals surface area contributed by atoms with Gasteiger partial charge in [0, 0.05) is 64.0 Å². The quantitative estimate of drug-likeness (QED) is 0.0675. The first-order chi connectivity index (χ1) is 26.9. The molecule has 3 N–H and O–H groups in total. The third-order valence-corrected chi connectivity index (χ3v) is 13.8. The van der Waals surface area contributed by atoms with Crippen molar-refractivity contribution in [3.8, 4) is 0 Å². The molecule has 56 heavy (non-hydrogen) atoms. The number of carbonyl (C=O) groups is 7. The van der Waals surface area contributed by atoms with Crippen LogP contribution in [0.3, 0.4) is 0 Å². The van der Waals surface area contributed by atoms with Gasteiger partial charge in [-0.25, -0.2) is 0 Å². The van der Waals surface area contributed by atoms with Gasteiger partial charge < -0.3 is 30.2 Å². The zero-order chi connectivity index (χ0) is 40.4. The molecule has 5 fully saturated rings. The largest absolute Gasteiger partial charge is 0.382 e. The third kappa shape index (κ3) is 10.9. The maximum absolute atomic E-state index is 14.7. The standard InChI is InChI=1S/C43H67N3O10/c1-4-6-13-35(41(44)52)45-39(50)17-16-37(48)40(51)28(10-5-2)20-38(49)36-23-31(56-26-55-19-18-54-3)25-46(36)42(53)32(27-11-8-7-9-12-27)21-30(47)22-34-33-15-14-29-24-43(29,33)34/h27-29,31-36H,4-26H2,1-3H3,(H2,44,52)(H,45,50)/t28?,29?,31-,32?,33?,34?,35?,36+,43?/m1/s1. The highest BCUT2D eigenvalue weighted by atomic mass is 16.7. The molecular weight excluding hydrogens is 718 g/mol. The van der Waals surface area contributed by atoms with Gasteiger partial charge in [0.1, 0.15) is 18.6 Å². The molecule has 13 nitrogen and oxygen atoms in total. The summed E-state index contributed by atoms with van der Waals surface area (Å²) in [6.07, 6.45) is 11.0. The maximum Gasteiger partial charge on any atom is 0.239 e. The lowest BCUT2D eigenvalue weighted by Crippen LogP contribution is -2.47. The predicted molar refractivity (Wildman–Crippen MR) is 207 cm³/mol. The third-order valence-electron chi connectivity index (χ3n) is 13.8. The molecule has 1 heterocycles. The smallest absolute Gasteiger partial charge is 0.239 e. The number of nitrogens with zero attached hydrogens (tertiary/aromatic N) is 1. The Labute approximate surface area is 332 Å². The van der Waals surface area contributed by atoms with Crippen molar-refractivity contribution < 1.29 is 47.8 Å². The molecule has 0 aromatic carbocycles. The molecule has 1 spiro atoms. The van der Waals surface area contributed by atoms with Gasteiger partial charge >= 0.3 is 0 Å². The van der Waals surface area contributed by atoms with E-state index in [-0.39, 0.29) is 68.8 Å². The molecule has 314 valence electrons. The molecule has 5 rings (SSSR count). The van der Waals surface area contributed by atoms with Gasteiger partial charge in [0.05, 0.1) is 25.4 Å². The number of carbonyl (C=O) groups excluding carboxylic acids is 7. The first-order valence-corrected chi connectivity index (χ1v) is 21.6. The van der Waals surface area contributed by atoms with Crippen molar-refractivity contribution in [2.24, 2.45) is 46.7 Å². The van der Waals surface area contributed by atoms with E-state index >= 15 is 0 Å². The lowest BCUT2D eigenvalue weighted by atomic mass is 9.76. The number of methoxy groups -OCH3 is 1. The number of hydrogen-bond acceptors (Lipinski definition) is 10. The van der Waals surface area contributed by atoms with Crippen LogP contribution >= 0.6 is 0 Å². The van der Waals surface area contributed by atoms with Crippen LogP contribution in [-0.2, 0) is 47.8 Å². The molecule has 9 atom stereocenters. The number of Topliss-reactive ketones (excluding diaryl/α,β-unsaturated/α-hetero) is 4. The van der Waals surface area contributed by atoms with Gasteiger partial charge in [0.15, 0.2) is 11.6 Å². The number of hydrogen-bond donors (Lipinski definition) is 2. The number of amides is 3. The molecule has 0 radical (unpaired) electrons. The van der Waals surface area contributed by atoms with Crippen LogP contribution in [0.2, 0.25) is 0 Å². The molecule has 0 aromatic rings. The van der Waals surface area contributed by atoms with Crippen molar-refractivity contribution in [1.29, 1.82) is 0 Å². The van der Waals surface area contributed by atoms with Crippen LogP contribution in [0.25, 0.3) is 0 Å². The second-order valence-corrected chi connectivity index (χ2v) is 17.4. The Bertz CT molecular complexity index is 1430. The Hall–Kier alpha value is -3.03. The fourth-order valence-electron chi connectivity index (χ4n) is 10.6. The minimum atomic E-state index is -0.903. The number of nitrogens with one attached hydrogen (secondary N) is 1. The van der Waals surface area contributed by atoms with Crippen LogP contribution in [-0.4, -0.2) is 97.6 Å². The summed E-state index contributed by atoms with van der Waals surface area (Å²) in [6, 6.07) is -1.72. The zero-order valence-corrected chi connectivity index (χ0v) is 34.1. The Balaban J connectivity index is 1.25. The summed E-state index contributed by atoms with van der Waals surface area (Å²) in [6.45, 7) is 4.67. The molecule has 3 amide bonds. The van der Waals surface area contributed by atoms with E-state index in [0.29, 0.717) is 62.6 Å². The highest BCUT2D eigenvalue weighted by Gasteiger charge is 2.79. The van der Waals surface area contributed by atoms with Crippen LogP contribution in [0.4, 0.5) is 0 Å². The molecule has 4 aliphatic carbocycles. The lowest BCUT2D eigenvalue weighted by Gasteiger charge is -2.34. The first kappa shape index (κ1) is 44.1. The van der Waals surface area contributed by atoms with Crippen LogP contribution in [0.1, 0.15) is 136 Å². The molecule has 7 unspecified atom stereocenters. The van der Waals surface area contributed by atoms with Crippen molar-refractivity contribution in [2.75, 3.05) is 33.7 Å². The molecule has 0 aromatic heterocycles. The van der Waals surface area contributed by atoms with E-state index in [1.807, 2.05) is 13.8 Å². The fraction of sp³-hybridized carbons (Fsp3) is 0.837. The Morgan fingerprint density at radius 3 is 2.32 bits per heavy atom. The van der Waals surface area contributed by atoms with Crippen molar-refractivity contribution in [1.82, 2.24) is 10.2 Å². The summed E-state index contributed by atoms with van der Waals surface area (Å²) >= 11 is 0. The van der Waals surface area contributed by atoms with Crippen LogP contribution < -0.4 is 11.1 Å². The zero-order valence-electron chi connectivity index (χ0n) is 34.1. The van der Waals surface area contributed by atoms with E-state index in [0.717, 1.165) is 44.4 Å². The van der Waals surface area contributed by atoms with Crippen molar-refractivity contribution in [2.45, 2.75) is 154 Å². The van der Waals surface area contributed by atoms with E-state index in [1.54, 1.807) is 12.0 Å². The summed E-state index contributed by atoms with van der Waals surface area (Å²) in [5.74, 6) is -2.44. The highest BCUT2D eigenvalue weighted by Crippen LogP contribution is 2.86. The Kier molecular flexibility index (Phi) is 16.2. The summed E-state index contributed by atoms with van der Waals surface area (Å²) in [7, 11) is 1.57. The highest BCUT2D eigenvalue weighted by molar-refractivity contribution is 6.38. The van der Waals surface area contributed by atoms with Crippen LogP contribution in [0, 0.1) is 40.9 Å². The molecule has 0 bridgehead atoms. The van der Waals surface area contributed by atoms with Crippen molar-refractivity contribution >= 4 is 40.9 Å². The molecular formula is C43H67N3O10. The van der Waals surface area contributed by atoms with Crippen LogP contribution in [0.15, 0.2) is 0 Å². The maximum atomic E-state index is 14.7. The summed E-state index contributed by atoms with van der Waals surface area (Å²) in [4.78, 5) is 95.4. The van der Waals surface area contributed by atoms with Crippen LogP contribution in [0.5, 0.6) is 0 Å². The Morgan fingerprint density at radius 2 is 1.68 bits per heavy atom. The second kappa shape index (κ2) is 20.6. The van der Waals surface area contributed by atoms with Gasteiger partial charge in [0.25, 0.3) is 0 Å². The van der Waals surface area contributed by atoms with E-state index < -0.39 is 53.4 Å². The number of ether oxygens (including phenoxy) is 3. The molecule has 1 aliphatic heterocycles. The normalized spacial score (nSPS) is 28.1. The van der Waals surface area contributed by atoms with E-state index in [2.05, 4.69) is 5.32 Å². The van der Waals surface area contributed by atoms with Gasteiger partial charge in [-0.05, 0) is 74.0 Å². The number of likely N-dealkylation sites (tertiary alicyclic amines) is 1. The number of nitrogens with two attached hydrogens (primary N) is 1. The summed E-state index contributed by atoms with van der Waals surface area (Å²) in [5, 5.41) is 2.57. The molecule has 4 saturated carbocycles. The lowest BCUT2D eigenvalue weighted by molar-refractivity contribution is -0.146. The average molecular weight is 786 g/mol. The SMILES string of the molecule is CCCCC(NC(=O)CCC(=O)C(=O)C(CCC)CC(=O)[C@@H]1C[C@@H](OCOCCOC)CN1C(=O)C(CC(=O)CC1C2CCC3CC321)C1CCCCC1)C(N)=O. The summed E-state index contributed by atoms with van der Waals surface area (Å²) < 4.78 is 16.6. The van der Waals surface area contributed by atoms with E-state index in [1.165, 1.54) is 19.3 Å². The molecule has 1 saturated heterocycles. The first-order valence-electron chi connectivity index (χ1n) is 21.6. The van der Waals surface area contributed by atoms with Gasteiger partial charge in [-0.1, -0.05) is 52.4 Å². The van der Waals surface area contributed by atoms with E-state index in [4.69, 9.17) is 19.9 Å². The van der Waals surface area contributed by atoms with Gasteiger partial charge in [0.2, 0.25) is 23.5 Å². The monoisotopic (exact) mass is 785 g/mol. The van der Waals surface area contributed by atoms with Gasteiger partial charge in [-0.3, -0.25) is 33.6 Å². The molecule has 5 aliphatic rings. The summed E-state index contributed by atoms with van der Waals surface area (Å²) in [5.41, 5.74) is 5.85. The number of rotatable bonds is 27. The number of primary amides is 1. The van der Waals surface area contributed by atoms with Crippen molar-refractivity contribution in [3.63, 3.8) is 0 Å². The number of ketones is 4. The van der Waals surface area contributed by atoms with Gasteiger partial charge in [-0.15, -0.1) is 0 Å². The average Bonchev–Trinajstić information content (AvgIpc) is 3.92. The van der Waals surface area contributed by atoms with Crippen molar-refractivity contribution in [3.05, 3.63) is 0 Å². The Morgan fingerprint density at radius 1 is 0.911 bits per heavy atom. The minimum absolute atomic E-state index is 0.0371. The topological polar surface area (TPSA) is 188 Å². The predicted octanol–water partition coefficient (Wildman–Crippen LogP) is 4.64. The number of unbranched alkanes of at least 4 members (excludes halogenated alkanes) is 1. The molecule has 13 heteroatoms. The van der Waals surface area contributed by atoms with Gasteiger partial charge in [-0.2, -0.15) is 0 Å². The second-order valence-electron chi connectivity index (χ2n) is 17.4. The minimum Gasteiger partial charge on any atom is -0.382 e. The van der Waals surface area contributed by atoms with E-state index in [9.17, 15) is 33.6 Å². The fourth-order valence-corrected chi connectivity index (χ4v) is 10.6.